The Balaban J connectivity index is 2.93. The summed E-state index contributed by atoms with van der Waals surface area (Å²) in [6.45, 7) is 1.44. The Morgan fingerprint density at radius 1 is 1.24 bits per heavy atom. The predicted octanol–water partition coefficient (Wildman–Crippen LogP) is 0.638. The SMILES string of the molecule is COc1cc(C(=O)NN)cc(OC)c1OCCCN(C)C. The Morgan fingerprint density at radius 2 is 1.81 bits per heavy atom. The van der Waals surface area contributed by atoms with Gasteiger partial charge in [0.05, 0.1) is 20.8 Å². The molecule has 3 N–H and O–H groups in total. The van der Waals surface area contributed by atoms with Crippen molar-refractivity contribution in [2.24, 2.45) is 5.84 Å². The third-order valence-corrected chi connectivity index (χ3v) is 2.85. The highest BCUT2D eigenvalue weighted by Gasteiger charge is 2.17. The van der Waals surface area contributed by atoms with Crippen LogP contribution in [0.1, 0.15) is 16.8 Å². The van der Waals surface area contributed by atoms with E-state index >= 15 is 0 Å². The van der Waals surface area contributed by atoms with E-state index in [1.165, 1.54) is 14.2 Å². The molecular weight excluding hydrogens is 274 g/mol. The first-order valence-corrected chi connectivity index (χ1v) is 6.58. The van der Waals surface area contributed by atoms with Gasteiger partial charge in [-0.25, -0.2) is 5.84 Å². The van der Waals surface area contributed by atoms with Gasteiger partial charge in [0.15, 0.2) is 11.5 Å². The highest BCUT2D eigenvalue weighted by Crippen LogP contribution is 2.38. The second kappa shape index (κ2) is 8.33. The predicted molar refractivity (Wildman–Crippen MR) is 79.9 cm³/mol. The number of nitrogen functional groups attached to an aromatic ring is 1. The van der Waals surface area contributed by atoms with Crippen molar-refractivity contribution in [2.45, 2.75) is 6.42 Å². The van der Waals surface area contributed by atoms with Crippen LogP contribution in [0.2, 0.25) is 0 Å². The molecule has 0 heterocycles. The summed E-state index contributed by atoms with van der Waals surface area (Å²) in [4.78, 5) is 13.7. The number of benzene rings is 1. The lowest BCUT2D eigenvalue weighted by Gasteiger charge is -2.16. The van der Waals surface area contributed by atoms with E-state index in [9.17, 15) is 4.79 Å². The molecule has 1 aromatic carbocycles. The fourth-order valence-corrected chi connectivity index (χ4v) is 1.79. The van der Waals surface area contributed by atoms with Crippen LogP contribution in [-0.2, 0) is 0 Å². The standard InChI is InChI=1S/C14H23N3O4/c1-17(2)6-5-7-21-13-11(19-3)8-10(14(18)16-15)9-12(13)20-4/h8-9H,5-7,15H2,1-4H3,(H,16,18). The molecule has 0 aliphatic heterocycles. The highest BCUT2D eigenvalue weighted by molar-refractivity contribution is 5.95. The number of hydrazine groups is 1. The second-order valence-electron chi connectivity index (χ2n) is 4.69. The Hall–Kier alpha value is -1.99. The summed E-state index contributed by atoms with van der Waals surface area (Å²) in [6.07, 6.45) is 0.865. The van der Waals surface area contributed by atoms with Gasteiger partial charge < -0.3 is 19.1 Å². The van der Waals surface area contributed by atoms with Crippen LogP contribution >= 0.6 is 0 Å². The number of methoxy groups -OCH3 is 2. The lowest BCUT2D eigenvalue weighted by molar-refractivity contribution is 0.0952. The molecule has 0 aliphatic rings. The second-order valence-corrected chi connectivity index (χ2v) is 4.69. The molecular formula is C14H23N3O4. The van der Waals surface area contributed by atoms with Crippen LogP contribution in [0.5, 0.6) is 17.2 Å². The first-order chi connectivity index (χ1) is 10.0. The summed E-state index contributed by atoms with van der Waals surface area (Å²) >= 11 is 0. The van der Waals surface area contributed by atoms with E-state index in [4.69, 9.17) is 20.1 Å². The van der Waals surface area contributed by atoms with E-state index in [1.807, 2.05) is 14.1 Å². The van der Waals surface area contributed by atoms with Crippen molar-refractivity contribution in [1.29, 1.82) is 0 Å². The molecule has 0 unspecified atom stereocenters. The van der Waals surface area contributed by atoms with Crippen LogP contribution in [0.4, 0.5) is 0 Å². The third-order valence-electron chi connectivity index (χ3n) is 2.85. The van der Waals surface area contributed by atoms with Crippen molar-refractivity contribution in [3.8, 4) is 17.2 Å². The smallest absolute Gasteiger partial charge is 0.265 e. The molecule has 0 spiro atoms. The molecule has 1 aromatic rings. The molecule has 0 saturated heterocycles. The number of nitrogens with two attached hydrogens (primary N) is 1. The van der Waals surface area contributed by atoms with Crippen LogP contribution in [0.25, 0.3) is 0 Å². The Labute approximate surface area is 124 Å². The molecule has 0 fully saturated rings. The quantitative estimate of drug-likeness (QED) is 0.317. The lowest BCUT2D eigenvalue weighted by Crippen LogP contribution is -2.30. The van der Waals surface area contributed by atoms with Gasteiger partial charge in [-0.1, -0.05) is 0 Å². The Morgan fingerprint density at radius 3 is 2.24 bits per heavy atom. The van der Waals surface area contributed by atoms with Crippen molar-refractivity contribution in [3.05, 3.63) is 17.7 Å². The molecule has 7 nitrogen and oxygen atoms in total. The zero-order valence-electron chi connectivity index (χ0n) is 12.9. The van der Waals surface area contributed by atoms with Crippen molar-refractivity contribution in [3.63, 3.8) is 0 Å². The molecule has 0 saturated carbocycles. The molecule has 21 heavy (non-hydrogen) atoms. The summed E-state index contributed by atoms with van der Waals surface area (Å²) in [5.74, 6) is 6.05. The minimum Gasteiger partial charge on any atom is -0.493 e. The summed E-state index contributed by atoms with van der Waals surface area (Å²) < 4.78 is 16.3. The third kappa shape index (κ3) is 4.80. The summed E-state index contributed by atoms with van der Waals surface area (Å²) in [5, 5.41) is 0. The van der Waals surface area contributed by atoms with E-state index in [0.717, 1.165) is 13.0 Å². The number of carbonyl (C=O) groups is 1. The number of nitrogens with one attached hydrogen (secondary N) is 1. The number of hydrogen-bond acceptors (Lipinski definition) is 6. The summed E-state index contributed by atoms with van der Waals surface area (Å²) in [6, 6.07) is 3.12. The largest absolute Gasteiger partial charge is 0.493 e. The average molecular weight is 297 g/mol. The molecule has 0 atom stereocenters. The normalized spacial score (nSPS) is 10.4. The Kier molecular flexibility index (Phi) is 6.77. The minimum absolute atomic E-state index is 0.340. The van der Waals surface area contributed by atoms with E-state index < -0.39 is 5.91 Å². The van der Waals surface area contributed by atoms with Gasteiger partial charge in [0.25, 0.3) is 5.91 Å². The van der Waals surface area contributed by atoms with Gasteiger partial charge in [-0.05, 0) is 32.6 Å². The number of ether oxygens (including phenoxy) is 3. The average Bonchev–Trinajstić information content (AvgIpc) is 2.49. The van der Waals surface area contributed by atoms with E-state index in [1.54, 1.807) is 12.1 Å². The van der Waals surface area contributed by atoms with Gasteiger partial charge in [0, 0.05) is 12.1 Å². The molecule has 118 valence electrons. The molecule has 1 amide bonds. The number of carbonyl (C=O) groups excluding carboxylic acids is 1. The van der Waals surface area contributed by atoms with Crippen molar-refractivity contribution >= 4 is 5.91 Å². The number of nitrogens with zero attached hydrogens (tertiary/aromatic N) is 1. The molecule has 1 rings (SSSR count). The van der Waals surface area contributed by atoms with Crippen LogP contribution in [0, 0.1) is 0 Å². The van der Waals surface area contributed by atoms with Gasteiger partial charge in [-0.3, -0.25) is 10.2 Å². The number of amides is 1. The maximum atomic E-state index is 11.6. The first-order valence-electron chi connectivity index (χ1n) is 6.58. The van der Waals surface area contributed by atoms with Gasteiger partial charge in [-0.15, -0.1) is 0 Å². The van der Waals surface area contributed by atoms with E-state index in [-0.39, 0.29) is 0 Å². The van der Waals surface area contributed by atoms with Crippen molar-refractivity contribution < 1.29 is 19.0 Å². The number of rotatable bonds is 8. The van der Waals surface area contributed by atoms with Crippen LogP contribution in [0.15, 0.2) is 12.1 Å². The Bertz CT molecular complexity index is 452. The lowest BCUT2D eigenvalue weighted by atomic mass is 10.1. The molecule has 7 heteroatoms. The first kappa shape index (κ1) is 17.1. The maximum absolute atomic E-state index is 11.6. The zero-order chi connectivity index (χ0) is 15.8. The maximum Gasteiger partial charge on any atom is 0.265 e. The fourth-order valence-electron chi connectivity index (χ4n) is 1.79. The minimum atomic E-state index is -0.425. The molecule has 0 bridgehead atoms. The van der Waals surface area contributed by atoms with Crippen molar-refractivity contribution in [2.75, 3.05) is 41.5 Å². The van der Waals surface area contributed by atoms with Gasteiger partial charge in [-0.2, -0.15) is 0 Å². The van der Waals surface area contributed by atoms with Crippen molar-refractivity contribution in [1.82, 2.24) is 10.3 Å². The van der Waals surface area contributed by atoms with Crippen LogP contribution in [0.3, 0.4) is 0 Å². The van der Waals surface area contributed by atoms with Gasteiger partial charge in [0.2, 0.25) is 5.75 Å². The topological polar surface area (TPSA) is 86.0 Å². The van der Waals surface area contributed by atoms with E-state index in [2.05, 4.69) is 10.3 Å². The molecule has 0 aliphatic carbocycles. The highest BCUT2D eigenvalue weighted by atomic mass is 16.5. The zero-order valence-corrected chi connectivity index (χ0v) is 12.9. The number of hydrogen-bond donors (Lipinski definition) is 2. The summed E-state index contributed by atoms with van der Waals surface area (Å²) in [5.41, 5.74) is 2.41. The monoisotopic (exact) mass is 297 g/mol. The molecule has 0 aromatic heterocycles. The van der Waals surface area contributed by atoms with E-state index in [0.29, 0.717) is 29.4 Å². The fraction of sp³-hybridized carbons (Fsp3) is 0.500. The van der Waals surface area contributed by atoms with Gasteiger partial charge in [0.1, 0.15) is 0 Å². The van der Waals surface area contributed by atoms with Gasteiger partial charge >= 0.3 is 0 Å². The van der Waals surface area contributed by atoms with Crippen LogP contribution in [-0.4, -0.2) is 52.3 Å². The van der Waals surface area contributed by atoms with Crippen LogP contribution < -0.4 is 25.5 Å². The summed E-state index contributed by atoms with van der Waals surface area (Å²) in [7, 11) is 7.01. The molecule has 0 radical (unpaired) electrons.